The summed E-state index contributed by atoms with van der Waals surface area (Å²) in [6, 6.07) is 0. The number of rotatable bonds is 6. The van der Waals surface area contributed by atoms with Crippen molar-refractivity contribution >= 4 is 10.1 Å². The molecule has 0 rings (SSSR count). The fraction of sp³-hybridized carbons (Fsp3) is 1.00. The van der Waals surface area contributed by atoms with Crippen LogP contribution in [0.4, 0.5) is 0 Å². The van der Waals surface area contributed by atoms with Gasteiger partial charge in [-0.05, 0) is 0 Å². The molecule has 0 unspecified atom stereocenters. The third kappa shape index (κ3) is 6.50. The van der Waals surface area contributed by atoms with Crippen LogP contribution >= 0.6 is 0 Å². The van der Waals surface area contributed by atoms with Gasteiger partial charge in [-0.25, -0.2) is 8.42 Å². The van der Waals surface area contributed by atoms with Gasteiger partial charge in [0.15, 0.2) is 0 Å². The maximum absolute atomic E-state index is 10.2. The Bertz CT molecular complexity index is 196. The van der Waals surface area contributed by atoms with Gasteiger partial charge in [-0.2, -0.15) is 0 Å². The zero-order valence-corrected chi connectivity index (χ0v) is 7.33. The van der Waals surface area contributed by atoms with Crippen molar-refractivity contribution in [1.29, 1.82) is 0 Å². The molecule has 0 radical (unpaired) electrons. The van der Waals surface area contributed by atoms with Crippen LogP contribution in [0.15, 0.2) is 0 Å². The van der Waals surface area contributed by atoms with Crippen LogP contribution in [0.5, 0.6) is 0 Å². The number of aliphatic hydroxyl groups excluding tert-OH is 2. The summed E-state index contributed by atoms with van der Waals surface area (Å²) in [4.78, 5) is 1.17. The van der Waals surface area contributed by atoms with Crippen LogP contribution in [-0.2, 0) is 10.1 Å². The van der Waals surface area contributed by atoms with Crippen molar-refractivity contribution < 1.29 is 23.2 Å². The maximum Gasteiger partial charge on any atom is 0.108 e. The molecular formula is C5H12NO5S-. The van der Waals surface area contributed by atoms with E-state index in [-0.39, 0.29) is 26.3 Å². The van der Waals surface area contributed by atoms with Crippen molar-refractivity contribution in [2.75, 3.05) is 32.2 Å². The third-order valence-electron chi connectivity index (χ3n) is 1.17. The van der Waals surface area contributed by atoms with E-state index < -0.39 is 16.0 Å². The number of aliphatic hydroxyl groups is 2. The van der Waals surface area contributed by atoms with Crippen molar-refractivity contribution in [1.82, 2.24) is 4.90 Å². The highest BCUT2D eigenvalue weighted by molar-refractivity contribution is 7.85. The minimum atomic E-state index is -4.31. The zero-order chi connectivity index (χ0) is 9.61. The lowest BCUT2D eigenvalue weighted by molar-refractivity contribution is 0.175. The molecule has 0 bridgehead atoms. The van der Waals surface area contributed by atoms with Crippen molar-refractivity contribution in [3.8, 4) is 0 Å². The molecule has 7 heteroatoms. The molecule has 74 valence electrons. The monoisotopic (exact) mass is 198 g/mol. The summed E-state index contributed by atoms with van der Waals surface area (Å²) in [5, 5.41) is 16.9. The van der Waals surface area contributed by atoms with Crippen LogP contribution < -0.4 is 0 Å². The molecule has 0 saturated heterocycles. The summed E-state index contributed by atoms with van der Waals surface area (Å²) in [6.45, 7) is -0.338. The Morgan fingerprint density at radius 2 is 1.58 bits per heavy atom. The van der Waals surface area contributed by atoms with E-state index in [1.807, 2.05) is 0 Å². The Labute approximate surface area is 71.2 Å². The smallest absolute Gasteiger partial charge is 0.108 e. The molecule has 12 heavy (non-hydrogen) atoms. The van der Waals surface area contributed by atoms with E-state index in [0.717, 1.165) is 0 Å². The standard InChI is InChI=1S/C5H13NO5S/c7-3-1-6(2-4-8)5-12(9,10)11/h7-8H,1-5H2,(H,9,10,11)/p-1. The van der Waals surface area contributed by atoms with Gasteiger partial charge >= 0.3 is 0 Å². The van der Waals surface area contributed by atoms with Gasteiger partial charge in [-0.15, -0.1) is 0 Å². The maximum atomic E-state index is 10.2. The predicted octanol–water partition coefficient (Wildman–Crippen LogP) is -2.22. The SMILES string of the molecule is O=S(=O)([O-])CN(CCO)CCO. The topological polar surface area (TPSA) is 101 Å². The van der Waals surface area contributed by atoms with E-state index in [0.29, 0.717) is 0 Å². The summed E-state index contributed by atoms with van der Waals surface area (Å²) in [7, 11) is -4.31. The molecule has 0 aromatic rings. The fourth-order valence-corrected chi connectivity index (χ4v) is 1.45. The molecule has 2 N–H and O–H groups in total. The van der Waals surface area contributed by atoms with Gasteiger partial charge in [0.05, 0.1) is 19.1 Å². The fourth-order valence-electron chi connectivity index (χ4n) is 0.747. The largest absolute Gasteiger partial charge is 0.747 e. The Hall–Kier alpha value is -0.210. The first-order valence-electron chi connectivity index (χ1n) is 3.37. The summed E-state index contributed by atoms with van der Waals surface area (Å²) in [6.07, 6.45) is 0. The highest BCUT2D eigenvalue weighted by Gasteiger charge is 2.06. The van der Waals surface area contributed by atoms with Crippen molar-refractivity contribution in [2.45, 2.75) is 0 Å². The van der Waals surface area contributed by atoms with Crippen molar-refractivity contribution in [2.24, 2.45) is 0 Å². The molecule has 0 aliphatic heterocycles. The molecule has 0 saturated carbocycles. The number of hydrogen-bond donors (Lipinski definition) is 2. The van der Waals surface area contributed by atoms with E-state index in [1.165, 1.54) is 4.90 Å². The van der Waals surface area contributed by atoms with Gasteiger partial charge in [-0.3, -0.25) is 4.90 Å². The molecule has 0 heterocycles. The Balaban J connectivity index is 3.95. The van der Waals surface area contributed by atoms with Gasteiger partial charge < -0.3 is 14.8 Å². The van der Waals surface area contributed by atoms with Crippen molar-refractivity contribution in [3.63, 3.8) is 0 Å². The van der Waals surface area contributed by atoms with Crippen molar-refractivity contribution in [3.05, 3.63) is 0 Å². The predicted molar refractivity (Wildman–Crippen MR) is 40.3 cm³/mol. The normalized spacial score (nSPS) is 12.3. The van der Waals surface area contributed by atoms with Gasteiger partial charge in [0.25, 0.3) is 0 Å². The summed E-state index contributed by atoms with van der Waals surface area (Å²) >= 11 is 0. The highest BCUT2D eigenvalue weighted by Crippen LogP contribution is 1.91. The molecule has 0 aliphatic rings. The Kier molecular flexibility index (Phi) is 5.34. The quantitative estimate of drug-likeness (QED) is 0.469. The summed E-state index contributed by atoms with van der Waals surface area (Å²) < 4.78 is 30.7. The second kappa shape index (κ2) is 5.44. The van der Waals surface area contributed by atoms with Crippen LogP contribution in [0, 0.1) is 0 Å². The molecule has 0 fully saturated rings. The Morgan fingerprint density at radius 3 is 1.83 bits per heavy atom. The molecule has 0 aromatic carbocycles. The molecule has 6 nitrogen and oxygen atoms in total. The lowest BCUT2D eigenvalue weighted by atomic mass is 10.5. The second-order valence-corrected chi connectivity index (χ2v) is 3.63. The summed E-state index contributed by atoms with van der Waals surface area (Å²) in [5.74, 6) is -0.672. The minimum Gasteiger partial charge on any atom is -0.747 e. The van der Waals surface area contributed by atoms with E-state index in [2.05, 4.69) is 0 Å². The molecule has 0 amide bonds. The second-order valence-electron chi connectivity index (χ2n) is 2.25. The lowest BCUT2D eigenvalue weighted by Gasteiger charge is -2.21. The highest BCUT2D eigenvalue weighted by atomic mass is 32.2. The van der Waals surface area contributed by atoms with E-state index in [1.54, 1.807) is 0 Å². The molecule has 0 atom stereocenters. The van der Waals surface area contributed by atoms with Crippen LogP contribution in [0.25, 0.3) is 0 Å². The van der Waals surface area contributed by atoms with Crippen LogP contribution in [-0.4, -0.2) is 60.3 Å². The van der Waals surface area contributed by atoms with E-state index in [4.69, 9.17) is 10.2 Å². The first kappa shape index (κ1) is 11.8. The van der Waals surface area contributed by atoms with Gasteiger partial charge in [-0.1, -0.05) is 0 Å². The van der Waals surface area contributed by atoms with Crippen LogP contribution in [0.2, 0.25) is 0 Å². The molecule has 0 aromatic heterocycles. The number of nitrogens with zero attached hydrogens (tertiary/aromatic N) is 1. The summed E-state index contributed by atoms with van der Waals surface area (Å²) in [5.41, 5.74) is 0. The van der Waals surface area contributed by atoms with Crippen LogP contribution in [0.1, 0.15) is 0 Å². The van der Waals surface area contributed by atoms with Crippen LogP contribution in [0.3, 0.4) is 0 Å². The minimum absolute atomic E-state index is 0.0715. The molecule has 0 aliphatic carbocycles. The number of hydrogen-bond acceptors (Lipinski definition) is 6. The first-order chi connectivity index (χ1) is 5.49. The van der Waals surface area contributed by atoms with Gasteiger partial charge in [0.1, 0.15) is 10.1 Å². The third-order valence-corrected chi connectivity index (χ3v) is 1.85. The lowest BCUT2D eigenvalue weighted by Crippen LogP contribution is -2.34. The van der Waals surface area contributed by atoms with E-state index >= 15 is 0 Å². The van der Waals surface area contributed by atoms with E-state index in [9.17, 15) is 13.0 Å². The van der Waals surface area contributed by atoms with Gasteiger partial charge in [0.2, 0.25) is 0 Å². The van der Waals surface area contributed by atoms with Gasteiger partial charge in [0, 0.05) is 13.1 Å². The zero-order valence-electron chi connectivity index (χ0n) is 6.51. The Morgan fingerprint density at radius 1 is 1.17 bits per heavy atom. The molecular weight excluding hydrogens is 186 g/mol. The molecule has 0 spiro atoms. The first-order valence-corrected chi connectivity index (χ1v) is 4.95. The average Bonchev–Trinajstić information content (AvgIpc) is 1.84. The average molecular weight is 198 g/mol.